The van der Waals surface area contributed by atoms with Crippen LogP contribution in [0.2, 0.25) is 0 Å². The standard InChI is InChI=1S/C12H13FN4O/c13-9-5-8(6-14-7-9)12-17-16-11(18-12)3-4-15-10-1-2-10/h5-7,10,15H,1-4H2. The van der Waals surface area contributed by atoms with Crippen LogP contribution >= 0.6 is 0 Å². The zero-order valence-electron chi connectivity index (χ0n) is 9.77. The average molecular weight is 248 g/mol. The van der Waals surface area contributed by atoms with Gasteiger partial charge in [0.25, 0.3) is 0 Å². The molecule has 0 atom stereocenters. The molecule has 2 aromatic heterocycles. The minimum atomic E-state index is -0.414. The van der Waals surface area contributed by atoms with Crippen LogP contribution in [0.4, 0.5) is 4.39 Å². The Kier molecular flexibility index (Phi) is 3.02. The summed E-state index contributed by atoms with van der Waals surface area (Å²) in [6.45, 7) is 0.827. The molecular weight excluding hydrogens is 235 g/mol. The van der Waals surface area contributed by atoms with Gasteiger partial charge in [0.2, 0.25) is 11.8 Å². The van der Waals surface area contributed by atoms with Gasteiger partial charge in [0.1, 0.15) is 5.82 Å². The third-order valence-electron chi connectivity index (χ3n) is 2.77. The second-order valence-corrected chi connectivity index (χ2v) is 4.37. The molecule has 1 saturated carbocycles. The molecule has 2 aromatic rings. The summed E-state index contributed by atoms with van der Waals surface area (Å²) >= 11 is 0. The number of halogens is 1. The van der Waals surface area contributed by atoms with Crippen molar-refractivity contribution in [1.29, 1.82) is 0 Å². The zero-order valence-corrected chi connectivity index (χ0v) is 9.77. The topological polar surface area (TPSA) is 63.8 Å². The van der Waals surface area contributed by atoms with Crippen molar-refractivity contribution in [3.05, 3.63) is 30.2 Å². The van der Waals surface area contributed by atoms with E-state index in [1.54, 1.807) is 0 Å². The van der Waals surface area contributed by atoms with Gasteiger partial charge in [-0.3, -0.25) is 4.98 Å². The minimum absolute atomic E-state index is 0.309. The minimum Gasteiger partial charge on any atom is -0.421 e. The third kappa shape index (κ3) is 2.70. The van der Waals surface area contributed by atoms with Crippen LogP contribution < -0.4 is 5.32 Å². The Morgan fingerprint density at radius 2 is 2.22 bits per heavy atom. The van der Waals surface area contributed by atoms with Crippen molar-refractivity contribution in [2.45, 2.75) is 25.3 Å². The molecule has 3 rings (SSSR count). The number of nitrogens with zero attached hydrogens (tertiary/aromatic N) is 3. The van der Waals surface area contributed by atoms with Gasteiger partial charge < -0.3 is 9.73 Å². The predicted octanol–water partition coefficient (Wildman–Crippen LogP) is 1.57. The number of pyridine rings is 1. The first kappa shape index (κ1) is 11.3. The van der Waals surface area contributed by atoms with Crippen molar-refractivity contribution in [3.8, 4) is 11.5 Å². The maximum absolute atomic E-state index is 13.0. The van der Waals surface area contributed by atoms with Gasteiger partial charge in [-0.15, -0.1) is 10.2 Å². The molecule has 0 aliphatic heterocycles. The van der Waals surface area contributed by atoms with E-state index in [2.05, 4.69) is 20.5 Å². The normalized spacial score (nSPS) is 14.9. The van der Waals surface area contributed by atoms with Gasteiger partial charge in [0.15, 0.2) is 0 Å². The quantitative estimate of drug-likeness (QED) is 0.870. The van der Waals surface area contributed by atoms with Crippen LogP contribution in [0.5, 0.6) is 0 Å². The summed E-state index contributed by atoms with van der Waals surface area (Å²) in [7, 11) is 0. The molecule has 94 valence electrons. The molecule has 0 aromatic carbocycles. The van der Waals surface area contributed by atoms with Crippen LogP contribution in [0, 0.1) is 5.82 Å². The maximum Gasteiger partial charge on any atom is 0.249 e. The van der Waals surface area contributed by atoms with Crippen LogP contribution in [0.1, 0.15) is 18.7 Å². The Hall–Kier alpha value is -1.82. The van der Waals surface area contributed by atoms with E-state index in [1.165, 1.54) is 25.1 Å². The monoisotopic (exact) mass is 248 g/mol. The highest BCUT2D eigenvalue weighted by Gasteiger charge is 2.20. The Labute approximate surface area is 103 Å². The lowest BCUT2D eigenvalue weighted by Gasteiger charge is -1.97. The van der Waals surface area contributed by atoms with Crippen LogP contribution in [0.3, 0.4) is 0 Å². The molecule has 1 N–H and O–H groups in total. The van der Waals surface area contributed by atoms with Crippen LogP contribution in [0.25, 0.3) is 11.5 Å². The summed E-state index contributed by atoms with van der Waals surface area (Å²) in [4.78, 5) is 3.75. The SMILES string of the molecule is Fc1cncc(-c2nnc(CCNC3CC3)o2)c1. The number of rotatable bonds is 5. The van der Waals surface area contributed by atoms with Gasteiger partial charge in [-0.1, -0.05) is 0 Å². The lowest BCUT2D eigenvalue weighted by Crippen LogP contribution is -2.19. The fourth-order valence-electron chi connectivity index (χ4n) is 1.67. The number of hydrogen-bond acceptors (Lipinski definition) is 5. The lowest BCUT2D eigenvalue weighted by molar-refractivity contribution is 0.493. The predicted molar refractivity (Wildman–Crippen MR) is 62.2 cm³/mol. The van der Waals surface area contributed by atoms with E-state index >= 15 is 0 Å². The number of nitrogens with one attached hydrogen (secondary N) is 1. The molecule has 6 heteroatoms. The van der Waals surface area contributed by atoms with Gasteiger partial charge in [-0.25, -0.2) is 4.39 Å². The van der Waals surface area contributed by atoms with Crippen molar-refractivity contribution in [1.82, 2.24) is 20.5 Å². The van der Waals surface area contributed by atoms with Crippen LogP contribution in [-0.4, -0.2) is 27.8 Å². The van der Waals surface area contributed by atoms with E-state index in [4.69, 9.17) is 4.42 Å². The van der Waals surface area contributed by atoms with Crippen molar-refractivity contribution in [2.75, 3.05) is 6.54 Å². The molecule has 18 heavy (non-hydrogen) atoms. The molecular formula is C12H13FN4O. The van der Waals surface area contributed by atoms with E-state index < -0.39 is 5.82 Å². The molecule has 2 heterocycles. The molecule has 0 amide bonds. The van der Waals surface area contributed by atoms with Crippen molar-refractivity contribution >= 4 is 0 Å². The molecule has 5 nitrogen and oxygen atoms in total. The molecule has 1 aliphatic rings. The summed E-state index contributed by atoms with van der Waals surface area (Å²) in [5.74, 6) is 0.452. The summed E-state index contributed by atoms with van der Waals surface area (Å²) in [5, 5.41) is 11.2. The highest BCUT2D eigenvalue weighted by Crippen LogP contribution is 2.19. The molecule has 0 unspecified atom stereocenters. The molecule has 1 aliphatic carbocycles. The van der Waals surface area contributed by atoms with Gasteiger partial charge >= 0.3 is 0 Å². The summed E-state index contributed by atoms with van der Waals surface area (Å²) in [6.07, 6.45) is 5.84. The summed E-state index contributed by atoms with van der Waals surface area (Å²) in [5.41, 5.74) is 0.504. The third-order valence-corrected chi connectivity index (χ3v) is 2.77. The Bertz CT molecular complexity index is 538. The highest BCUT2D eigenvalue weighted by molar-refractivity contribution is 5.50. The Balaban J connectivity index is 1.64. The van der Waals surface area contributed by atoms with Crippen molar-refractivity contribution in [2.24, 2.45) is 0 Å². The van der Waals surface area contributed by atoms with E-state index in [-0.39, 0.29) is 0 Å². The van der Waals surface area contributed by atoms with E-state index in [1.807, 2.05) is 0 Å². The van der Waals surface area contributed by atoms with Gasteiger partial charge in [0, 0.05) is 25.2 Å². The fraction of sp³-hybridized carbons (Fsp3) is 0.417. The van der Waals surface area contributed by atoms with Gasteiger partial charge in [-0.05, 0) is 18.9 Å². The summed E-state index contributed by atoms with van der Waals surface area (Å²) < 4.78 is 18.5. The largest absolute Gasteiger partial charge is 0.421 e. The van der Waals surface area contributed by atoms with Crippen molar-refractivity contribution in [3.63, 3.8) is 0 Å². The second-order valence-electron chi connectivity index (χ2n) is 4.37. The first-order valence-electron chi connectivity index (χ1n) is 5.98. The molecule has 0 radical (unpaired) electrons. The fourth-order valence-corrected chi connectivity index (χ4v) is 1.67. The van der Waals surface area contributed by atoms with Crippen LogP contribution in [-0.2, 0) is 6.42 Å². The molecule has 0 saturated heterocycles. The Morgan fingerprint density at radius 3 is 3.00 bits per heavy atom. The van der Waals surface area contributed by atoms with Crippen LogP contribution in [0.15, 0.2) is 22.9 Å². The second kappa shape index (κ2) is 4.81. The average Bonchev–Trinajstić information content (AvgIpc) is 3.06. The molecule has 1 fully saturated rings. The first-order chi connectivity index (χ1) is 8.81. The van der Waals surface area contributed by atoms with Gasteiger partial charge in [0.05, 0.1) is 11.8 Å². The summed E-state index contributed by atoms with van der Waals surface area (Å²) in [6, 6.07) is 1.99. The van der Waals surface area contributed by atoms with Crippen molar-refractivity contribution < 1.29 is 8.81 Å². The lowest BCUT2D eigenvalue weighted by atomic mass is 10.3. The van der Waals surface area contributed by atoms with E-state index in [0.29, 0.717) is 29.8 Å². The van der Waals surface area contributed by atoms with E-state index in [9.17, 15) is 4.39 Å². The highest BCUT2D eigenvalue weighted by atomic mass is 19.1. The van der Waals surface area contributed by atoms with E-state index in [0.717, 1.165) is 12.7 Å². The molecule has 0 spiro atoms. The smallest absolute Gasteiger partial charge is 0.249 e. The van der Waals surface area contributed by atoms with Gasteiger partial charge in [-0.2, -0.15) is 0 Å². The number of hydrogen-bond donors (Lipinski definition) is 1. The maximum atomic E-state index is 13.0. The zero-order chi connectivity index (χ0) is 12.4. The Morgan fingerprint density at radius 1 is 1.33 bits per heavy atom. The molecule has 0 bridgehead atoms. The number of aromatic nitrogens is 3. The first-order valence-corrected chi connectivity index (χ1v) is 5.98.